The highest BCUT2D eigenvalue weighted by atomic mass is 79.9. The second kappa shape index (κ2) is 6.40. The minimum absolute atomic E-state index is 0.0734. The van der Waals surface area contributed by atoms with Gasteiger partial charge >= 0.3 is 0 Å². The summed E-state index contributed by atoms with van der Waals surface area (Å²) in [6.07, 6.45) is 4.06. The second-order valence-corrected chi connectivity index (χ2v) is 6.27. The first-order chi connectivity index (χ1) is 8.25. The lowest BCUT2D eigenvalue weighted by Crippen LogP contribution is -2.31. The third-order valence-corrected chi connectivity index (χ3v) is 4.37. The van der Waals surface area contributed by atoms with Crippen molar-refractivity contribution in [3.63, 3.8) is 0 Å². The van der Waals surface area contributed by atoms with Gasteiger partial charge in [-0.25, -0.2) is 4.98 Å². The molecule has 0 atom stereocenters. The molecule has 0 radical (unpaired) electrons. The average Bonchev–Trinajstić information content (AvgIpc) is 2.38. The molecule has 0 aliphatic carbocycles. The maximum Gasteiger partial charge on any atom is 0.269 e. The van der Waals surface area contributed by atoms with Gasteiger partial charge in [0.1, 0.15) is 5.69 Å². The van der Waals surface area contributed by atoms with Gasteiger partial charge in [0.05, 0.1) is 0 Å². The minimum atomic E-state index is -0.0734. The zero-order valence-electron chi connectivity index (χ0n) is 9.49. The quantitative estimate of drug-likeness (QED) is 0.932. The normalized spacial score (nSPS) is 16.8. The van der Waals surface area contributed by atoms with Crippen LogP contribution in [0.25, 0.3) is 0 Å². The molecular weight excluding hydrogens is 300 g/mol. The number of nitrogens with one attached hydrogen (secondary N) is 1. The van der Waals surface area contributed by atoms with Crippen molar-refractivity contribution in [2.75, 3.05) is 18.1 Å². The van der Waals surface area contributed by atoms with Crippen LogP contribution in [-0.2, 0) is 0 Å². The molecule has 0 saturated carbocycles. The molecule has 2 rings (SSSR count). The summed E-state index contributed by atoms with van der Waals surface area (Å²) in [5, 5.41) is 2.96. The lowest BCUT2D eigenvalue weighted by Gasteiger charge is -2.21. The van der Waals surface area contributed by atoms with Crippen LogP contribution in [0, 0.1) is 5.92 Å². The first-order valence-corrected chi connectivity index (χ1v) is 7.68. The molecule has 17 heavy (non-hydrogen) atoms. The third-order valence-electron chi connectivity index (χ3n) is 2.85. The summed E-state index contributed by atoms with van der Waals surface area (Å²) < 4.78 is 0.887. The summed E-state index contributed by atoms with van der Waals surface area (Å²) in [4.78, 5) is 15.9. The van der Waals surface area contributed by atoms with Crippen LogP contribution in [0.2, 0.25) is 0 Å². The Kier molecular flexibility index (Phi) is 4.86. The van der Waals surface area contributed by atoms with E-state index in [0.717, 1.165) is 11.0 Å². The van der Waals surface area contributed by atoms with Gasteiger partial charge < -0.3 is 5.32 Å². The molecule has 1 aromatic rings. The summed E-state index contributed by atoms with van der Waals surface area (Å²) in [6, 6.07) is 3.56. The lowest BCUT2D eigenvalue weighted by molar-refractivity contribution is 0.0941. The van der Waals surface area contributed by atoms with Crippen LogP contribution in [-0.4, -0.2) is 28.9 Å². The fraction of sp³-hybridized carbons (Fsp3) is 0.500. The molecule has 1 fully saturated rings. The van der Waals surface area contributed by atoms with Gasteiger partial charge in [0, 0.05) is 17.2 Å². The van der Waals surface area contributed by atoms with Crippen molar-refractivity contribution in [2.24, 2.45) is 5.92 Å². The molecule has 1 N–H and O–H groups in total. The Hall–Kier alpha value is -0.550. The highest BCUT2D eigenvalue weighted by Crippen LogP contribution is 2.21. The predicted octanol–water partition coefficient (Wildman–Crippen LogP) is 2.72. The van der Waals surface area contributed by atoms with Crippen molar-refractivity contribution in [1.82, 2.24) is 10.3 Å². The summed E-state index contributed by atoms with van der Waals surface area (Å²) in [5.74, 6) is 3.00. The second-order valence-electron chi connectivity index (χ2n) is 4.13. The molecule has 1 aromatic heterocycles. The number of rotatable bonds is 3. The lowest BCUT2D eigenvalue weighted by atomic mass is 10.0. The van der Waals surface area contributed by atoms with Crippen molar-refractivity contribution in [2.45, 2.75) is 12.8 Å². The van der Waals surface area contributed by atoms with E-state index in [1.807, 2.05) is 17.8 Å². The molecule has 5 heteroatoms. The standard InChI is InChI=1S/C12H15BrN2OS/c13-10-1-2-11(14-8-10)12(16)15-7-9-3-5-17-6-4-9/h1-2,8-9H,3-7H2,(H,15,16). The fourth-order valence-corrected chi connectivity index (χ4v) is 3.23. The van der Waals surface area contributed by atoms with Gasteiger partial charge in [-0.05, 0) is 58.3 Å². The molecule has 0 bridgehead atoms. The molecule has 3 nitrogen and oxygen atoms in total. The molecule has 1 aliphatic heterocycles. The smallest absolute Gasteiger partial charge is 0.269 e. The largest absolute Gasteiger partial charge is 0.350 e. The molecule has 92 valence electrons. The van der Waals surface area contributed by atoms with Gasteiger partial charge in [-0.2, -0.15) is 11.8 Å². The maximum absolute atomic E-state index is 11.8. The topological polar surface area (TPSA) is 42.0 Å². The third kappa shape index (κ3) is 4.00. The average molecular weight is 315 g/mol. The maximum atomic E-state index is 11.8. The van der Waals surface area contributed by atoms with E-state index in [-0.39, 0.29) is 5.91 Å². The zero-order valence-corrected chi connectivity index (χ0v) is 11.9. The number of amides is 1. The molecule has 0 spiro atoms. The Morgan fingerprint density at radius 1 is 1.47 bits per heavy atom. The van der Waals surface area contributed by atoms with Crippen molar-refractivity contribution in [1.29, 1.82) is 0 Å². The summed E-state index contributed by atoms with van der Waals surface area (Å²) in [7, 11) is 0. The van der Waals surface area contributed by atoms with Gasteiger partial charge in [-0.15, -0.1) is 0 Å². The Morgan fingerprint density at radius 2 is 2.24 bits per heavy atom. The van der Waals surface area contributed by atoms with Gasteiger partial charge in [-0.1, -0.05) is 0 Å². The van der Waals surface area contributed by atoms with Crippen LogP contribution in [0.4, 0.5) is 0 Å². The number of carbonyl (C=O) groups excluding carboxylic acids is 1. The zero-order chi connectivity index (χ0) is 12.1. The van der Waals surface area contributed by atoms with Gasteiger partial charge in [0.2, 0.25) is 0 Å². The van der Waals surface area contributed by atoms with E-state index in [1.54, 1.807) is 12.3 Å². The molecular formula is C12H15BrN2OS. The number of aromatic nitrogens is 1. The number of nitrogens with zero attached hydrogens (tertiary/aromatic N) is 1. The number of hydrogen-bond acceptors (Lipinski definition) is 3. The Labute approximate surface area is 114 Å². The summed E-state index contributed by atoms with van der Waals surface area (Å²) in [5.41, 5.74) is 0.485. The molecule has 1 saturated heterocycles. The van der Waals surface area contributed by atoms with E-state index in [4.69, 9.17) is 0 Å². The van der Waals surface area contributed by atoms with Crippen LogP contribution in [0.15, 0.2) is 22.8 Å². The van der Waals surface area contributed by atoms with Crippen LogP contribution in [0.1, 0.15) is 23.3 Å². The van der Waals surface area contributed by atoms with Gasteiger partial charge in [0.15, 0.2) is 0 Å². The first kappa shape index (κ1) is 12.9. The van der Waals surface area contributed by atoms with E-state index >= 15 is 0 Å². The molecule has 2 heterocycles. The summed E-state index contributed by atoms with van der Waals surface area (Å²) >= 11 is 5.30. The molecule has 0 aromatic carbocycles. The number of halogens is 1. The van der Waals surface area contributed by atoms with Crippen molar-refractivity contribution >= 4 is 33.6 Å². The first-order valence-electron chi connectivity index (χ1n) is 5.73. The SMILES string of the molecule is O=C(NCC1CCSCC1)c1ccc(Br)cn1. The van der Waals surface area contributed by atoms with Crippen LogP contribution >= 0.6 is 27.7 Å². The van der Waals surface area contributed by atoms with Gasteiger partial charge in [0.25, 0.3) is 5.91 Å². The van der Waals surface area contributed by atoms with Gasteiger partial charge in [-0.3, -0.25) is 4.79 Å². The number of pyridine rings is 1. The van der Waals surface area contributed by atoms with Crippen LogP contribution in [0.5, 0.6) is 0 Å². The van der Waals surface area contributed by atoms with E-state index < -0.39 is 0 Å². The Bertz CT molecular complexity index is 377. The molecule has 1 amide bonds. The van der Waals surface area contributed by atoms with E-state index in [9.17, 15) is 4.79 Å². The van der Waals surface area contributed by atoms with Crippen LogP contribution < -0.4 is 5.32 Å². The van der Waals surface area contributed by atoms with E-state index in [0.29, 0.717) is 11.6 Å². The predicted molar refractivity (Wildman–Crippen MR) is 74.3 cm³/mol. The van der Waals surface area contributed by atoms with E-state index in [2.05, 4.69) is 26.2 Å². The highest BCUT2D eigenvalue weighted by molar-refractivity contribution is 9.10. The van der Waals surface area contributed by atoms with Crippen molar-refractivity contribution in [3.05, 3.63) is 28.5 Å². The summed E-state index contributed by atoms with van der Waals surface area (Å²) in [6.45, 7) is 0.775. The molecule has 0 unspecified atom stereocenters. The van der Waals surface area contributed by atoms with E-state index in [1.165, 1.54) is 24.3 Å². The van der Waals surface area contributed by atoms with Crippen molar-refractivity contribution < 1.29 is 4.79 Å². The number of thioether (sulfide) groups is 1. The number of hydrogen-bond donors (Lipinski definition) is 1. The Balaban J connectivity index is 1.82. The van der Waals surface area contributed by atoms with Crippen molar-refractivity contribution in [3.8, 4) is 0 Å². The highest BCUT2D eigenvalue weighted by Gasteiger charge is 2.15. The number of carbonyl (C=O) groups is 1. The molecule has 1 aliphatic rings. The van der Waals surface area contributed by atoms with Crippen LogP contribution in [0.3, 0.4) is 0 Å². The Morgan fingerprint density at radius 3 is 2.88 bits per heavy atom. The fourth-order valence-electron chi connectivity index (χ4n) is 1.79. The minimum Gasteiger partial charge on any atom is -0.350 e. The monoisotopic (exact) mass is 314 g/mol.